The molecule has 0 bridgehead atoms. The van der Waals surface area contributed by atoms with Crippen LogP contribution in [0.2, 0.25) is 0 Å². The first-order chi connectivity index (χ1) is 8.65. The molecule has 6 heteroatoms. The van der Waals surface area contributed by atoms with Gasteiger partial charge in [-0.3, -0.25) is 10.1 Å². The number of carbonyl (C=O) groups is 1. The Morgan fingerprint density at radius 3 is 2.83 bits per heavy atom. The Hall–Kier alpha value is -0.730. The number of hydrogen-bond donors (Lipinski definition) is 2. The van der Waals surface area contributed by atoms with E-state index < -0.39 is 0 Å². The van der Waals surface area contributed by atoms with Crippen LogP contribution in [-0.2, 0) is 4.74 Å². The molecule has 1 rings (SSSR count). The Morgan fingerprint density at radius 1 is 1.44 bits per heavy atom. The van der Waals surface area contributed by atoms with E-state index in [4.69, 9.17) is 17.0 Å². The fraction of sp³-hybridized carbons (Fsp3) is 0.333. The highest BCUT2D eigenvalue weighted by molar-refractivity contribution is 14.1. The summed E-state index contributed by atoms with van der Waals surface area (Å²) < 4.78 is 5.82. The molecule has 4 nitrogen and oxygen atoms in total. The van der Waals surface area contributed by atoms with E-state index in [1.54, 1.807) is 13.2 Å². The molecule has 1 amide bonds. The van der Waals surface area contributed by atoms with Crippen LogP contribution in [0.15, 0.2) is 24.3 Å². The first-order valence-electron chi connectivity index (χ1n) is 5.48. The Bertz CT molecular complexity index is 426. The molecule has 0 aliphatic rings. The lowest BCUT2D eigenvalue weighted by Crippen LogP contribution is -2.40. The van der Waals surface area contributed by atoms with Gasteiger partial charge in [0.15, 0.2) is 5.11 Å². The zero-order valence-corrected chi connectivity index (χ0v) is 13.0. The van der Waals surface area contributed by atoms with Crippen molar-refractivity contribution in [3.63, 3.8) is 0 Å². The van der Waals surface area contributed by atoms with Crippen molar-refractivity contribution < 1.29 is 9.53 Å². The van der Waals surface area contributed by atoms with Gasteiger partial charge in [0.05, 0.1) is 5.56 Å². The Balaban J connectivity index is 2.41. The average molecular weight is 378 g/mol. The van der Waals surface area contributed by atoms with Crippen LogP contribution in [0.1, 0.15) is 16.8 Å². The van der Waals surface area contributed by atoms with Gasteiger partial charge in [0.1, 0.15) is 0 Å². The molecular formula is C12H15IN2O2S. The normalized spacial score (nSPS) is 9.89. The monoisotopic (exact) mass is 378 g/mol. The number of hydrogen-bond acceptors (Lipinski definition) is 3. The second-order valence-electron chi connectivity index (χ2n) is 3.54. The van der Waals surface area contributed by atoms with Crippen molar-refractivity contribution in [3.05, 3.63) is 33.4 Å². The van der Waals surface area contributed by atoms with E-state index in [2.05, 4.69) is 33.2 Å². The first kappa shape index (κ1) is 15.3. The standard InChI is InChI=1S/C12H15IN2O2S/c1-17-8-4-7-14-12(18)15-11(16)9-5-2-3-6-10(9)13/h2-3,5-6H,4,7-8H2,1H3,(H2,14,15,16,18). The molecular weight excluding hydrogens is 363 g/mol. The van der Waals surface area contributed by atoms with Crippen molar-refractivity contribution in [2.75, 3.05) is 20.3 Å². The molecule has 2 N–H and O–H groups in total. The summed E-state index contributed by atoms with van der Waals surface area (Å²) in [6, 6.07) is 7.36. The number of amides is 1. The zero-order valence-electron chi connectivity index (χ0n) is 10.0. The fourth-order valence-corrected chi connectivity index (χ4v) is 2.11. The van der Waals surface area contributed by atoms with Crippen molar-refractivity contribution >= 4 is 45.8 Å². The summed E-state index contributed by atoms with van der Waals surface area (Å²) in [5, 5.41) is 5.95. The quantitative estimate of drug-likeness (QED) is 0.467. The molecule has 0 unspecified atom stereocenters. The van der Waals surface area contributed by atoms with Crippen molar-refractivity contribution in [2.45, 2.75) is 6.42 Å². The maximum Gasteiger partial charge on any atom is 0.258 e. The van der Waals surface area contributed by atoms with E-state index in [1.807, 2.05) is 18.2 Å². The topological polar surface area (TPSA) is 50.4 Å². The molecule has 0 atom stereocenters. The molecule has 0 spiro atoms. The molecule has 0 saturated heterocycles. The maximum atomic E-state index is 11.9. The van der Waals surface area contributed by atoms with Crippen molar-refractivity contribution in [3.8, 4) is 0 Å². The molecule has 0 fully saturated rings. The summed E-state index contributed by atoms with van der Waals surface area (Å²) in [4.78, 5) is 11.9. The minimum absolute atomic E-state index is 0.191. The molecule has 0 radical (unpaired) electrons. The third-order valence-electron chi connectivity index (χ3n) is 2.16. The van der Waals surface area contributed by atoms with Crippen LogP contribution in [0, 0.1) is 3.57 Å². The predicted octanol–water partition coefficient (Wildman–Crippen LogP) is 1.93. The summed E-state index contributed by atoms with van der Waals surface area (Å²) >= 11 is 7.16. The number of benzene rings is 1. The number of carbonyl (C=O) groups excluding carboxylic acids is 1. The van der Waals surface area contributed by atoms with Gasteiger partial charge >= 0.3 is 0 Å². The Morgan fingerprint density at radius 2 is 2.17 bits per heavy atom. The predicted molar refractivity (Wildman–Crippen MR) is 83.7 cm³/mol. The van der Waals surface area contributed by atoms with Gasteiger partial charge in [-0.2, -0.15) is 0 Å². The number of rotatable bonds is 5. The third kappa shape index (κ3) is 5.28. The van der Waals surface area contributed by atoms with E-state index in [0.717, 1.165) is 9.99 Å². The smallest absolute Gasteiger partial charge is 0.258 e. The van der Waals surface area contributed by atoms with Crippen molar-refractivity contribution in [1.82, 2.24) is 10.6 Å². The molecule has 1 aromatic rings. The number of methoxy groups -OCH3 is 1. The number of halogens is 1. The second-order valence-corrected chi connectivity index (χ2v) is 5.11. The summed E-state index contributed by atoms with van der Waals surface area (Å²) in [5.74, 6) is -0.191. The van der Waals surface area contributed by atoms with Crippen LogP contribution < -0.4 is 10.6 Å². The molecule has 0 saturated carbocycles. The van der Waals surface area contributed by atoms with E-state index >= 15 is 0 Å². The van der Waals surface area contributed by atoms with Crippen LogP contribution in [0.3, 0.4) is 0 Å². The van der Waals surface area contributed by atoms with Gasteiger partial charge in [0.25, 0.3) is 5.91 Å². The highest BCUT2D eigenvalue weighted by atomic mass is 127. The van der Waals surface area contributed by atoms with Gasteiger partial charge in [-0.15, -0.1) is 0 Å². The van der Waals surface area contributed by atoms with E-state index in [0.29, 0.717) is 23.8 Å². The lowest BCUT2D eigenvalue weighted by Gasteiger charge is -2.10. The van der Waals surface area contributed by atoms with Crippen LogP contribution in [0.5, 0.6) is 0 Å². The maximum absolute atomic E-state index is 11.9. The summed E-state index contributed by atoms with van der Waals surface area (Å²) in [5.41, 5.74) is 0.624. The minimum Gasteiger partial charge on any atom is -0.385 e. The lowest BCUT2D eigenvalue weighted by molar-refractivity contribution is 0.0976. The summed E-state index contributed by atoms with van der Waals surface area (Å²) in [6.07, 6.45) is 0.843. The van der Waals surface area contributed by atoms with Crippen LogP contribution in [0.4, 0.5) is 0 Å². The SMILES string of the molecule is COCCCNC(=S)NC(=O)c1ccccc1I. The summed E-state index contributed by atoms with van der Waals surface area (Å²) in [6.45, 7) is 1.35. The highest BCUT2D eigenvalue weighted by Crippen LogP contribution is 2.10. The molecule has 0 aliphatic heterocycles. The zero-order chi connectivity index (χ0) is 13.4. The fourth-order valence-electron chi connectivity index (χ4n) is 1.28. The molecule has 1 aromatic carbocycles. The number of ether oxygens (including phenoxy) is 1. The van der Waals surface area contributed by atoms with E-state index in [-0.39, 0.29) is 5.91 Å². The third-order valence-corrected chi connectivity index (χ3v) is 3.34. The largest absolute Gasteiger partial charge is 0.385 e. The Labute approximate surface area is 126 Å². The number of nitrogens with one attached hydrogen (secondary N) is 2. The van der Waals surface area contributed by atoms with Crippen molar-refractivity contribution in [1.29, 1.82) is 0 Å². The van der Waals surface area contributed by atoms with Gasteiger partial charge in [-0.05, 0) is 53.4 Å². The second kappa shape index (κ2) is 8.39. The summed E-state index contributed by atoms with van der Waals surface area (Å²) in [7, 11) is 1.65. The Kier molecular flexibility index (Phi) is 7.14. The molecule has 0 aliphatic carbocycles. The van der Waals surface area contributed by atoms with Gasteiger partial charge in [0, 0.05) is 23.8 Å². The average Bonchev–Trinajstić information content (AvgIpc) is 2.35. The van der Waals surface area contributed by atoms with E-state index in [9.17, 15) is 4.79 Å². The molecule has 0 heterocycles. The highest BCUT2D eigenvalue weighted by Gasteiger charge is 2.10. The van der Waals surface area contributed by atoms with Crippen LogP contribution in [-0.4, -0.2) is 31.3 Å². The van der Waals surface area contributed by atoms with Gasteiger partial charge in [0.2, 0.25) is 0 Å². The van der Waals surface area contributed by atoms with Crippen molar-refractivity contribution in [2.24, 2.45) is 0 Å². The van der Waals surface area contributed by atoms with Gasteiger partial charge < -0.3 is 10.1 Å². The van der Waals surface area contributed by atoms with Gasteiger partial charge in [-0.1, -0.05) is 12.1 Å². The first-order valence-corrected chi connectivity index (χ1v) is 6.96. The molecule has 0 aromatic heterocycles. The molecule has 18 heavy (non-hydrogen) atoms. The molecule has 98 valence electrons. The number of thiocarbonyl (C=S) groups is 1. The van der Waals surface area contributed by atoms with Crippen LogP contribution in [0.25, 0.3) is 0 Å². The lowest BCUT2D eigenvalue weighted by atomic mass is 10.2. The van der Waals surface area contributed by atoms with E-state index in [1.165, 1.54) is 0 Å². The van der Waals surface area contributed by atoms with Crippen LogP contribution >= 0.6 is 34.8 Å². The minimum atomic E-state index is -0.191. The van der Waals surface area contributed by atoms with Gasteiger partial charge in [-0.25, -0.2) is 0 Å².